The number of ether oxygens (including phenoxy) is 1. The minimum absolute atomic E-state index is 0.155. The maximum absolute atomic E-state index is 14.4. The van der Waals surface area contributed by atoms with E-state index in [2.05, 4.69) is 59.5 Å². The SMILES string of the molecule is O=C1N(CN2CCCCCCCCCC2)c2ccccc2C12COc1cc3/c(cc12)=C\C=C/C=C\C=3. The van der Waals surface area contributed by atoms with Crippen LogP contribution in [0, 0.1) is 0 Å². The van der Waals surface area contributed by atoms with Gasteiger partial charge in [0.05, 0.1) is 6.67 Å². The molecule has 36 heavy (non-hydrogen) atoms. The molecule has 4 aliphatic rings. The van der Waals surface area contributed by atoms with Crippen molar-refractivity contribution in [3.05, 3.63) is 82.3 Å². The maximum atomic E-state index is 14.4. The molecule has 0 N–H and O–H groups in total. The fourth-order valence-electron chi connectivity index (χ4n) is 6.31. The van der Waals surface area contributed by atoms with E-state index in [4.69, 9.17) is 4.74 Å². The van der Waals surface area contributed by atoms with Crippen LogP contribution in [0.15, 0.2) is 60.7 Å². The lowest BCUT2D eigenvalue weighted by atomic mass is 9.77. The molecule has 0 aromatic heterocycles. The standard InChI is InChI=1S/C32H36N2O2/c35-31-32(23-36-30-22-26-16-10-6-5-9-15-25(26)21-28(30)32)27-17-11-12-18-29(27)34(31)24-33-19-13-7-3-1-2-4-8-14-20-33/h5-6,9-12,15-18,21-22H,1-4,7-8,13-14,19-20,23-24H2/b6-5?,9-5-,10-6-,15-9?,16-10?,25-15-,26-16-. The van der Waals surface area contributed by atoms with Gasteiger partial charge in [0, 0.05) is 11.3 Å². The Hall–Kier alpha value is -3.11. The summed E-state index contributed by atoms with van der Waals surface area (Å²) in [4.78, 5) is 19.0. The van der Waals surface area contributed by atoms with Crippen LogP contribution in [0.25, 0.3) is 12.2 Å². The number of carbonyl (C=O) groups excluding carboxylic acids is 1. The average Bonchev–Trinajstić information content (AvgIpc) is 3.34. The van der Waals surface area contributed by atoms with E-state index in [1.165, 1.54) is 51.4 Å². The van der Waals surface area contributed by atoms with Crippen LogP contribution in [0.5, 0.6) is 5.75 Å². The zero-order chi connectivity index (χ0) is 24.4. The van der Waals surface area contributed by atoms with E-state index in [9.17, 15) is 4.79 Å². The van der Waals surface area contributed by atoms with E-state index in [0.717, 1.165) is 46.1 Å². The minimum Gasteiger partial charge on any atom is -0.491 e. The minimum atomic E-state index is -0.773. The fourth-order valence-corrected chi connectivity index (χ4v) is 6.31. The van der Waals surface area contributed by atoms with Crippen molar-refractivity contribution >= 4 is 23.7 Å². The molecule has 186 valence electrons. The highest BCUT2D eigenvalue weighted by Crippen LogP contribution is 2.51. The number of carbonyl (C=O) groups is 1. The van der Waals surface area contributed by atoms with Gasteiger partial charge in [-0.1, -0.05) is 93.2 Å². The van der Waals surface area contributed by atoms with Gasteiger partial charge in [0.15, 0.2) is 0 Å². The van der Waals surface area contributed by atoms with Crippen molar-refractivity contribution in [2.45, 2.75) is 56.8 Å². The average molecular weight is 481 g/mol. The maximum Gasteiger partial charge on any atom is 0.246 e. The van der Waals surface area contributed by atoms with Crippen molar-refractivity contribution in [3.8, 4) is 5.75 Å². The number of anilines is 1. The lowest BCUT2D eigenvalue weighted by Crippen LogP contribution is -2.47. The lowest BCUT2D eigenvalue weighted by molar-refractivity contribution is -0.122. The molecule has 1 aliphatic carbocycles. The van der Waals surface area contributed by atoms with Crippen LogP contribution in [0.4, 0.5) is 5.69 Å². The van der Waals surface area contributed by atoms with Crippen LogP contribution in [0.2, 0.25) is 0 Å². The smallest absolute Gasteiger partial charge is 0.246 e. The first kappa shape index (κ1) is 23.3. The molecule has 0 saturated carbocycles. The Morgan fingerprint density at radius 2 is 1.39 bits per heavy atom. The molecular formula is C32H36N2O2. The van der Waals surface area contributed by atoms with Gasteiger partial charge in [-0.15, -0.1) is 0 Å². The largest absolute Gasteiger partial charge is 0.491 e. The Bertz CT molecular complexity index is 1310. The van der Waals surface area contributed by atoms with Gasteiger partial charge in [0.2, 0.25) is 5.91 Å². The topological polar surface area (TPSA) is 32.8 Å². The molecule has 2 aromatic carbocycles. The molecule has 1 saturated heterocycles. The van der Waals surface area contributed by atoms with Crippen LogP contribution in [0.3, 0.4) is 0 Å². The molecule has 1 unspecified atom stereocenters. The predicted octanol–water partition coefficient (Wildman–Crippen LogP) is 4.79. The molecule has 0 bridgehead atoms. The zero-order valence-electron chi connectivity index (χ0n) is 21.1. The van der Waals surface area contributed by atoms with E-state index >= 15 is 0 Å². The fraction of sp³-hybridized carbons (Fsp3) is 0.406. The summed E-state index contributed by atoms with van der Waals surface area (Å²) in [6.07, 6.45) is 22.8. The summed E-state index contributed by atoms with van der Waals surface area (Å²) in [7, 11) is 0. The number of para-hydroxylation sites is 1. The van der Waals surface area contributed by atoms with Crippen molar-refractivity contribution in [1.82, 2.24) is 4.90 Å². The van der Waals surface area contributed by atoms with Gasteiger partial charge in [0.25, 0.3) is 0 Å². The number of hydrogen-bond acceptors (Lipinski definition) is 3. The number of nitrogens with zero attached hydrogens (tertiary/aromatic N) is 2. The van der Waals surface area contributed by atoms with Gasteiger partial charge in [-0.3, -0.25) is 14.6 Å². The number of allylic oxidation sites excluding steroid dienone is 4. The second-order valence-electron chi connectivity index (χ2n) is 10.6. The van der Waals surface area contributed by atoms with Crippen LogP contribution >= 0.6 is 0 Å². The van der Waals surface area contributed by atoms with E-state index in [0.29, 0.717) is 13.3 Å². The van der Waals surface area contributed by atoms with Crippen molar-refractivity contribution in [3.63, 3.8) is 0 Å². The predicted molar refractivity (Wildman–Crippen MR) is 146 cm³/mol. The molecule has 4 nitrogen and oxygen atoms in total. The monoisotopic (exact) mass is 480 g/mol. The van der Waals surface area contributed by atoms with E-state index in [1.54, 1.807) is 0 Å². The molecule has 3 heterocycles. The number of fused-ring (bicyclic) bond motifs is 5. The first-order chi connectivity index (χ1) is 17.8. The molecule has 1 spiro atoms. The van der Waals surface area contributed by atoms with Gasteiger partial charge in [-0.2, -0.15) is 0 Å². The highest BCUT2D eigenvalue weighted by atomic mass is 16.5. The van der Waals surface area contributed by atoms with Crippen molar-refractivity contribution < 1.29 is 9.53 Å². The Morgan fingerprint density at radius 3 is 2.11 bits per heavy atom. The Kier molecular flexibility index (Phi) is 6.54. The Morgan fingerprint density at radius 1 is 0.750 bits per heavy atom. The number of amides is 1. The van der Waals surface area contributed by atoms with E-state index in [-0.39, 0.29) is 5.91 Å². The van der Waals surface area contributed by atoms with Crippen LogP contribution in [-0.4, -0.2) is 37.2 Å². The summed E-state index contributed by atoms with van der Waals surface area (Å²) >= 11 is 0. The second kappa shape index (κ2) is 10.1. The number of rotatable bonds is 2. The molecule has 3 aliphatic heterocycles. The highest BCUT2D eigenvalue weighted by molar-refractivity contribution is 6.11. The summed E-state index contributed by atoms with van der Waals surface area (Å²) in [5, 5.41) is 2.24. The summed E-state index contributed by atoms with van der Waals surface area (Å²) in [6.45, 7) is 3.14. The molecule has 0 radical (unpaired) electrons. The normalized spacial score (nSPS) is 27.7. The van der Waals surface area contributed by atoms with Crippen molar-refractivity contribution in [1.29, 1.82) is 0 Å². The summed E-state index contributed by atoms with van der Waals surface area (Å²) < 4.78 is 6.28. The van der Waals surface area contributed by atoms with E-state index < -0.39 is 5.41 Å². The summed E-state index contributed by atoms with van der Waals surface area (Å²) in [6, 6.07) is 12.7. The van der Waals surface area contributed by atoms with Gasteiger partial charge >= 0.3 is 0 Å². The number of hydrogen-bond donors (Lipinski definition) is 0. The van der Waals surface area contributed by atoms with Crippen LogP contribution in [-0.2, 0) is 10.2 Å². The molecule has 1 atom stereocenters. The molecule has 1 fully saturated rings. The second-order valence-corrected chi connectivity index (χ2v) is 10.6. The number of benzene rings is 2. The molecule has 2 aromatic rings. The van der Waals surface area contributed by atoms with Gasteiger partial charge in [-0.25, -0.2) is 0 Å². The van der Waals surface area contributed by atoms with Crippen LogP contribution in [0.1, 0.15) is 62.5 Å². The Balaban J connectivity index is 1.37. The molecule has 4 heteroatoms. The van der Waals surface area contributed by atoms with Crippen molar-refractivity contribution in [2.75, 3.05) is 31.3 Å². The quantitative estimate of drug-likeness (QED) is 0.620. The Labute approximate surface area is 214 Å². The summed E-state index contributed by atoms with van der Waals surface area (Å²) in [5.41, 5.74) is 2.35. The van der Waals surface area contributed by atoms with Crippen LogP contribution < -0.4 is 20.1 Å². The summed E-state index contributed by atoms with van der Waals surface area (Å²) in [5.74, 6) is 0.985. The zero-order valence-corrected chi connectivity index (χ0v) is 21.1. The van der Waals surface area contributed by atoms with Gasteiger partial charge < -0.3 is 4.74 Å². The third-order valence-corrected chi connectivity index (χ3v) is 8.28. The third-order valence-electron chi connectivity index (χ3n) is 8.28. The van der Waals surface area contributed by atoms with E-state index in [1.807, 2.05) is 23.1 Å². The molecule has 1 amide bonds. The highest BCUT2D eigenvalue weighted by Gasteiger charge is 2.57. The van der Waals surface area contributed by atoms with Gasteiger partial charge in [-0.05, 0) is 60.1 Å². The molecular weight excluding hydrogens is 444 g/mol. The van der Waals surface area contributed by atoms with Gasteiger partial charge in [0.1, 0.15) is 17.8 Å². The first-order valence-corrected chi connectivity index (χ1v) is 13.7. The third kappa shape index (κ3) is 4.12. The van der Waals surface area contributed by atoms with Crippen molar-refractivity contribution in [2.24, 2.45) is 0 Å². The first-order valence-electron chi connectivity index (χ1n) is 13.7. The lowest BCUT2D eigenvalue weighted by Gasteiger charge is -2.29. The molecule has 6 rings (SSSR count).